The summed E-state index contributed by atoms with van der Waals surface area (Å²) in [6, 6.07) is 7.44. The lowest BCUT2D eigenvalue weighted by molar-refractivity contribution is 0.637. The van der Waals surface area contributed by atoms with Gasteiger partial charge in [0.25, 0.3) is 0 Å². The Morgan fingerprint density at radius 2 is 1.78 bits per heavy atom. The first-order valence-electron chi connectivity index (χ1n) is 5.34. The van der Waals surface area contributed by atoms with Crippen molar-refractivity contribution in [2.75, 3.05) is 11.5 Å². The van der Waals surface area contributed by atoms with Crippen molar-refractivity contribution in [3.8, 4) is 11.1 Å². The van der Waals surface area contributed by atoms with E-state index in [1.807, 2.05) is 24.3 Å². The van der Waals surface area contributed by atoms with Gasteiger partial charge in [-0.15, -0.1) is 0 Å². The molecule has 0 saturated heterocycles. The van der Waals surface area contributed by atoms with Crippen molar-refractivity contribution in [3.05, 3.63) is 41.7 Å². The first-order chi connectivity index (χ1) is 8.66. The molecule has 0 fully saturated rings. The van der Waals surface area contributed by atoms with E-state index in [1.54, 1.807) is 12.4 Å². The number of fused-ring (bicyclic) bond motifs is 1. The lowest BCUT2D eigenvalue weighted by atomic mass is 10.0. The van der Waals surface area contributed by atoms with Gasteiger partial charge in [-0.05, 0) is 17.7 Å². The molecule has 4 N–H and O–H groups in total. The van der Waals surface area contributed by atoms with Crippen LogP contribution < -0.4 is 11.5 Å². The van der Waals surface area contributed by atoms with Crippen LogP contribution in [0.5, 0.6) is 0 Å². The Morgan fingerprint density at radius 3 is 2.50 bits per heavy atom. The number of anilines is 2. The molecule has 5 heteroatoms. The fourth-order valence-corrected chi connectivity index (χ4v) is 2.07. The summed E-state index contributed by atoms with van der Waals surface area (Å²) >= 11 is 5.87. The number of nitrogens with two attached hydrogens (primary N) is 2. The number of aromatic nitrogens is 1. The molecular formula is C13H10ClN3O. The van der Waals surface area contributed by atoms with Gasteiger partial charge >= 0.3 is 0 Å². The number of pyridine rings is 1. The fraction of sp³-hybridized carbons (Fsp3) is 0. The van der Waals surface area contributed by atoms with E-state index in [0.29, 0.717) is 16.3 Å². The number of hydrogen-bond donors (Lipinski definition) is 2. The van der Waals surface area contributed by atoms with Crippen molar-refractivity contribution in [3.63, 3.8) is 0 Å². The second-order valence-electron chi connectivity index (χ2n) is 3.95. The third kappa shape index (κ3) is 1.58. The maximum atomic E-state index is 5.93. The van der Waals surface area contributed by atoms with Gasteiger partial charge in [0.2, 0.25) is 5.88 Å². The molecule has 0 amide bonds. The highest BCUT2D eigenvalue weighted by molar-refractivity contribution is 6.30. The summed E-state index contributed by atoms with van der Waals surface area (Å²) < 4.78 is 5.35. The lowest BCUT2D eigenvalue weighted by Crippen LogP contribution is -1.90. The largest absolute Gasteiger partial charge is 0.437 e. The molecule has 90 valence electrons. The predicted molar refractivity (Wildman–Crippen MR) is 73.3 cm³/mol. The molecule has 0 spiro atoms. The van der Waals surface area contributed by atoms with E-state index in [9.17, 15) is 0 Å². The number of rotatable bonds is 1. The smallest absolute Gasteiger partial charge is 0.214 e. The molecule has 0 bridgehead atoms. The molecule has 0 atom stereocenters. The van der Waals surface area contributed by atoms with Gasteiger partial charge in [0.1, 0.15) is 5.69 Å². The lowest BCUT2D eigenvalue weighted by Gasteiger charge is -2.03. The van der Waals surface area contributed by atoms with Gasteiger partial charge in [0.15, 0.2) is 5.58 Å². The van der Waals surface area contributed by atoms with Gasteiger partial charge in [0, 0.05) is 16.8 Å². The van der Waals surface area contributed by atoms with Crippen LogP contribution in [0.25, 0.3) is 22.1 Å². The summed E-state index contributed by atoms with van der Waals surface area (Å²) in [7, 11) is 0. The van der Waals surface area contributed by atoms with Gasteiger partial charge in [-0.25, -0.2) is 0 Å². The Kier molecular flexibility index (Phi) is 2.38. The van der Waals surface area contributed by atoms with Crippen LogP contribution in [0, 0.1) is 0 Å². The number of benzene rings is 1. The van der Waals surface area contributed by atoms with E-state index < -0.39 is 0 Å². The van der Waals surface area contributed by atoms with Crippen molar-refractivity contribution in [1.82, 2.24) is 4.98 Å². The minimum Gasteiger partial charge on any atom is -0.437 e. The van der Waals surface area contributed by atoms with Gasteiger partial charge in [-0.1, -0.05) is 23.7 Å². The molecule has 18 heavy (non-hydrogen) atoms. The van der Waals surface area contributed by atoms with Crippen LogP contribution >= 0.6 is 11.6 Å². The van der Waals surface area contributed by atoms with Crippen molar-refractivity contribution in [2.45, 2.75) is 0 Å². The second kappa shape index (κ2) is 3.92. The quantitative estimate of drug-likeness (QED) is 0.703. The highest BCUT2D eigenvalue weighted by Crippen LogP contribution is 2.37. The van der Waals surface area contributed by atoms with Crippen LogP contribution in [0.1, 0.15) is 0 Å². The average molecular weight is 260 g/mol. The Morgan fingerprint density at radius 1 is 1.06 bits per heavy atom. The van der Waals surface area contributed by atoms with Crippen molar-refractivity contribution < 1.29 is 4.42 Å². The van der Waals surface area contributed by atoms with E-state index in [0.717, 1.165) is 16.5 Å². The molecule has 3 rings (SSSR count). The van der Waals surface area contributed by atoms with Gasteiger partial charge in [0.05, 0.1) is 11.6 Å². The van der Waals surface area contributed by atoms with Crippen LogP contribution in [-0.4, -0.2) is 4.98 Å². The van der Waals surface area contributed by atoms with Crippen molar-refractivity contribution in [2.24, 2.45) is 0 Å². The van der Waals surface area contributed by atoms with Gasteiger partial charge in [-0.3, -0.25) is 4.98 Å². The summed E-state index contributed by atoms with van der Waals surface area (Å²) in [4.78, 5) is 4.13. The topological polar surface area (TPSA) is 78.1 Å². The first-order valence-corrected chi connectivity index (χ1v) is 5.72. The molecule has 0 aliphatic carbocycles. The van der Waals surface area contributed by atoms with E-state index in [2.05, 4.69) is 4.98 Å². The average Bonchev–Trinajstić information content (AvgIpc) is 2.66. The molecule has 0 aliphatic rings. The van der Waals surface area contributed by atoms with E-state index in [-0.39, 0.29) is 5.88 Å². The van der Waals surface area contributed by atoms with Gasteiger partial charge < -0.3 is 15.9 Å². The number of halogens is 1. The van der Waals surface area contributed by atoms with E-state index in [1.165, 1.54) is 0 Å². The highest BCUT2D eigenvalue weighted by Gasteiger charge is 2.14. The zero-order valence-electron chi connectivity index (χ0n) is 9.35. The summed E-state index contributed by atoms with van der Waals surface area (Å²) in [6.07, 6.45) is 3.33. The second-order valence-corrected chi connectivity index (χ2v) is 4.38. The third-order valence-electron chi connectivity index (χ3n) is 2.82. The summed E-state index contributed by atoms with van der Waals surface area (Å²) in [6.45, 7) is 0. The molecule has 0 radical (unpaired) electrons. The maximum Gasteiger partial charge on any atom is 0.214 e. The molecule has 0 saturated carbocycles. The van der Waals surface area contributed by atoms with Crippen LogP contribution in [0.15, 0.2) is 41.1 Å². The number of nitrogen functional groups attached to an aromatic ring is 2. The minimum absolute atomic E-state index is 0.216. The van der Waals surface area contributed by atoms with E-state index >= 15 is 0 Å². The Balaban J connectivity index is 2.32. The molecule has 1 aromatic carbocycles. The predicted octanol–water partition coefficient (Wildman–Crippen LogP) is 3.31. The van der Waals surface area contributed by atoms with Crippen LogP contribution in [0.4, 0.5) is 11.6 Å². The molecule has 0 unspecified atom stereocenters. The fourth-order valence-electron chi connectivity index (χ4n) is 1.94. The number of nitrogens with zero attached hydrogens (tertiary/aromatic N) is 1. The molecule has 2 heterocycles. The minimum atomic E-state index is 0.216. The SMILES string of the molecule is Nc1oc2cncc(-c3ccc(Cl)cc3)c2c1N. The maximum absolute atomic E-state index is 5.93. The monoisotopic (exact) mass is 259 g/mol. The van der Waals surface area contributed by atoms with Crippen LogP contribution in [-0.2, 0) is 0 Å². The zero-order valence-corrected chi connectivity index (χ0v) is 10.1. The molecule has 0 aliphatic heterocycles. The van der Waals surface area contributed by atoms with Crippen molar-refractivity contribution in [1.29, 1.82) is 0 Å². The summed E-state index contributed by atoms with van der Waals surface area (Å²) in [5, 5.41) is 1.46. The zero-order chi connectivity index (χ0) is 12.7. The Hall–Kier alpha value is -2.20. The van der Waals surface area contributed by atoms with Crippen LogP contribution in [0.3, 0.4) is 0 Å². The van der Waals surface area contributed by atoms with Crippen LogP contribution in [0.2, 0.25) is 5.02 Å². The molecule has 3 aromatic rings. The summed E-state index contributed by atoms with van der Waals surface area (Å²) in [5.41, 5.74) is 14.5. The Bertz CT molecular complexity index is 719. The summed E-state index contributed by atoms with van der Waals surface area (Å²) in [5.74, 6) is 0.216. The normalized spacial score (nSPS) is 10.9. The number of furan rings is 1. The molecule has 2 aromatic heterocycles. The van der Waals surface area contributed by atoms with E-state index in [4.69, 9.17) is 27.5 Å². The Labute approximate surface area is 108 Å². The highest BCUT2D eigenvalue weighted by atomic mass is 35.5. The van der Waals surface area contributed by atoms with Crippen molar-refractivity contribution >= 4 is 34.1 Å². The standard InChI is InChI=1S/C13H10ClN3O/c14-8-3-1-7(2-4-8)9-5-17-6-10-11(9)12(15)13(16)18-10/h1-6H,15-16H2. The molecule has 4 nitrogen and oxygen atoms in total. The number of hydrogen-bond acceptors (Lipinski definition) is 4. The molecular weight excluding hydrogens is 250 g/mol. The third-order valence-corrected chi connectivity index (χ3v) is 3.07. The first kappa shape index (κ1) is 10.9. The van der Waals surface area contributed by atoms with Gasteiger partial charge in [-0.2, -0.15) is 0 Å².